The Balaban J connectivity index is 2.19. The predicted molar refractivity (Wildman–Crippen MR) is 44.1 cm³/mol. The fourth-order valence-electron chi connectivity index (χ4n) is 1.95. The third kappa shape index (κ3) is 1.29. The Hall–Kier alpha value is -1.10. The number of alkyl carbamates (subject to hydrolysis) is 1. The van der Waals surface area contributed by atoms with Crippen LogP contribution in [0.15, 0.2) is 0 Å². The Morgan fingerprint density at radius 3 is 2.85 bits per heavy atom. The van der Waals surface area contributed by atoms with Crippen molar-refractivity contribution in [3.8, 4) is 0 Å². The monoisotopic (exact) mass is 184 g/mol. The lowest BCUT2D eigenvalue weighted by molar-refractivity contribution is -0.135. The first-order valence-corrected chi connectivity index (χ1v) is 4.35. The summed E-state index contributed by atoms with van der Waals surface area (Å²) in [5.41, 5.74) is -0.899. The number of carbonyl (C=O) groups excluding carboxylic acids is 2. The molecule has 0 aliphatic carbocycles. The van der Waals surface area contributed by atoms with Gasteiger partial charge in [-0.15, -0.1) is 0 Å². The van der Waals surface area contributed by atoms with Gasteiger partial charge < -0.3 is 9.64 Å². The molecule has 0 aromatic heterocycles. The molecule has 2 heterocycles. The van der Waals surface area contributed by atoms with Gasteiger partial charge in [0, 0.05) is 6.54 Å². The highest BCUT2D eigenvalue weighted by molar-refractivity contribution is 6.03. The van der Waals surface area contributed by atoms with Gasteiger partial charge in [0.2, 0.25) is 5.60 Å². The van der Waals surface area contributed by atoms with Gasteiger partial charge in [0.25, 0.3) is 5.91 Å². The van der Waals surface area contributed by atoms with Gasteiger partial charge in [-0.1, -0.05) is 0 Å². The molecule has 72 valence electrons. The third-order valence-electron chi connectivity index (χ3n) is 2.56. The van der Waals surface area contributed by atoms with Crippen molar-refractivity contribution < 1.29 is 14.3 Å². The van der Waals surface area contributed by atoms with Gasteiger partial charge in [0.05, 0.1) is 0 Å². The van der Waals surface area contributed by atoms with Gasteiger partial charge in [-0.3, -0.25) is 10.1 Å². The number of piperidine rings is 1. The summed E-state index contributed by atoms with van der Waals surface area (Å²) in [5.74, 6) is -0.288. The smallest absolute Gasteiger partial charge is 0.415 e. The minimum Gasteiger partial charge on any atom is -0.431 e. The highest BCUT2D eigenvalue weighted by atomic mass is 16.6. The molecule has 2 aliphatic heterocycles. The molecule has 2 saturated heterocycles. The van der Waals surface area contributed by atoms with Crippen molar-refractivity contribution in [2.75, 3.05) is 20.1 Å². The number of ether oxygens (including phenoxy) is 1. The van der Waals surface area contributed by atoms with E-state index in [2.05, 4.69) is 5.32 Å². The van der Waals surface area contributed by atoms with Crippen LogP contribution in [0.4, 0.5) is 4.79 Å². The molecule has 2 amide bonds. The third-order valence-corrected chi connectivity index (χ3v) is 2.56. The summed E-state index contributed by atoms with van der Waals surface area (Å²) in [7, 11) is 1.92. The number of rotatable bonds is 0. The van der Waals surface area contributed by atoms with Crippen LogP contribution < -0.4 is 5.32 Å². The topological polar surface area (TPSA) is 58.6 Å². The molecule has 0 bridgehead atoms. The van der Waals surface area contributed by atoms with E-state index in [-0.39, 0.29) is 5.91 Å². The minimum absolute atomic E-state index is 0.288. The molecule has 0 aromatic rings. The average Bonchev–Trinajstić information content (AvgIpc) is 2.26. The van der Waals surface area contributed by atoms with Crippen LogP contribution in [0.5, 0.6) is 0 Å². The maximum absolute atomic E-state index is 11.4. The Labute approximate surface area is 76.0 Å². The SMILES string of the molecule is CN1CCCC2(C1)OC(=O)NC2=O. The largest absolute Gasteiger partial charge is 0.431 e. The molecular weight excluding hydrogens is 172 g/mol. The number of likely N-dealkylation sites (N-methyl/N-ethyl adjacent to an activating group) is 1. The van der Waals surface area contributed by atoms with Gasteiger partial charge in [0.15, 0.2) is 0 Å². The van der Waals surface area contributed by atoms with Gasteiger partial charge in [-0.2, -0.15) is 0 Å². The van der Waals surface area contributed by atoms with E-state index in [1.807, 2.05) is 11.9 Å². The fraction of sp³-hybridized carbons (Fsp3) is 0.750. The lowest BCUT2D eigenvalue weighted by atomic mass is 9.93. The molecule has 2 rings (SSSR count). The van der Waals surface area contributed by atoms with Crippen LogP contribution in [0.3, 0.4) is 0 Å². The summed E-state index contributed by atoms with van der Waals surface area (Å²) in [6, 6.07) is 0. The summed E-state index contributed by atoms with van der Waals surface area (Å²) < 4.78 is 5.03. The number of hydrogen-bond acceptors (Lipinski definition) is 4. The van der Waals surface area contributed by atoms with Crippen molar-refractivity contribution >= 4 is 12.0 Å². The van der Waals surface area contributed by atoms with Crippen LogP contribution >= 0.6 is 0 Å². The molecule has 2 aliphatic rings. The van der Waals surface area contributed by atoms with Crippen molar-refractivity contribution in [2.45, 2.75) is 18.4 Å². The van der Waals surface area contributed by atoms with Crippen LogP contribution in [-0.2, 0) is 9.53 Å². The van der Waals surface area contributed by atoms with E-state index in [0.717, 1.165) is 13.0 Å². The van der Waals surface area contributed by atoms with Crippen LogP contribution in [0.2, 0.25) is 0 Å². The van der Waals surface area contributed by atoms with Crippen molar-refractivity contribution in [3.63, 3.8) is 0 Å². The molecule has 1 spiro atoms. The van der Waals surface area contributed by atoms with Gasteiger partial charge in [-0.25, -0.2) is 4.79 Å². The Morgan fingerprint density at radius 1 is 1.54 bits per heavy atom. The van der Waals surface area contributed by atoms with Gasteiger partial charge in [-0.05, 0) is 26.4 Å². The quantitative estimate of drug-likeness (QED) is 0.562. The lowest BCUT2D eigenvalue weighted by Gasteiger charge is -2.34. The first-order valence-electron chi connectivity index (χ1n) is 4.35. The van der Waals surface area contributed by atoms with Crippen molar-refractivity contribution in [2.24, 2.45) is 0 Å². The van der Waals surface area contributed by atoms with E-state index in [1.54, 1.807) is 0 Å². The van der Waals surface area contributed by atoms with Crippen LogP contribution in [-0.4, -0.2) is 42.6 Å². The summed E-state index contributed by atoms with van der Waals surface area (Å²) in [6.45, 7) is 1.46. The van der Waals surface area contributed by atoms with Crippen molar-refractivity contribution in [1.29, 1.82) is 0 Å². The van der Waals surface area contributed by atoms with Crippen molar-refractivity contribution in [1.82, 2.24) is 10.2 Å². The Kier molecular flexibility index (Phi) is 1.76. The summed E-state index contributed by atoms with van der Waals surface area (Å²) in [4.78, 5) is 24.3. The second-order valence-corrected chi connectivity index (χ2v) is 3.68. The number of nitrogens with one attached hydrogen (secondary N) is 1. The molecule has 2 fully saturated rings. The molecule has 5 nitrogen and oxygen atoms in total. The van der Waals surface area contributed by atoms with Crippen molar-refractivity contribution in [3.05, 3.63) is 0 Å². The number of imide groups is 1. The molecule has 0 radical (unpaired) electrons. The molecule has 1 atom stereocenters. The summed E-state index contributed by atoms with van der Waals surface area (Å²) in [6.07, 6.45) is 0.909. The first kappa shape index (κ1) is 8.50. The zero-order valence-electron chi connectivity index (χ0n) is 7.50. The normalized spacial score (nSPS) is 34.8. The van der Waals surface area contributed by atoms with Crippen LogP contribution in [0.25, 0.3) is 0 Å². The first-order chi connectivity index (χ1) is 6.12. The second kappa shape index (κ2) is 2.70. The number of amides is 2. The number of hydrogen-bond donors (Lipinski definition) is 1. The fourth-order valence-corrected chi connectivity index (χ4v) is 1.95. The number of nitrogens with zero attached hydrogens (tertiary/aromatic N) is 1. The van der Waals surface area contributed by atoms with E-state index in [0.29, 0.717) is 13.0 Å². The zero-order valence-corrected chi connectivity index (χ0v) is 7.50. The summed E-state index contributed by atoms with van der Waals surface area (Å²) in [5, 5.41) is 2.17. The summed E-state index contributed by atoms with van der Waals surface area (Å²) >= 11 is 0. The molecule has 0 aromatic carbocycles. The molecule has 5 heteroatoms. The number of carbonyl (C=O) groups is 2. The van der Waals surface area contributed by atoms with Crippen LogP contribution in [0, 0.1) is 0 Å². The molecule has 1 unspecified atom stereocenters. The second-order valence-electron chi connectivity index (χ2n) is 3.68. The molecule has 1 N–H and O–H groups in total. The Bertz CT molecular complexity index is 266. The maximum atomic E-state index is 11.4. The standard InChI is InChI=1S/C8H12N2O3/c1-10-4-2-3-8(5-10)6(11)9-7(12)13-8/h2-5H2,1H3,(H,9,11,12). The highest BCUT2D eigenvalue weighted by Crippen LogP contribution is 2.28. The average molecular weight is 184 g/mol. The van der Waals surface area contributed by atoms with E-state index in [9.17, 15) is 9.59 Å². The van der Waals surface area contributed by atoms with Gasteiger partial charge in [0.1, 0.15) is 0 Å². The van der Waals surface area contributed by atoms with E-state index >= 15 is 0 Å². The highest BCUT2D eigenvalue weighted by Gasteiger charge is 2.50. The predicted octanol–water partition coefficient (Wildman–Crippen LogP) is -0.283. The maximum Gasteiger partial charge on any atom is 0.415 e. The Morgan fingerprint density at radius 2 is 2.31 bits per heavy atom. The van der Waals surface area contributed by atoms with E-state index in [1.165, 1.54) is 0 Å². The van der Waals surface area contributed by atoms with E-state index in [4.69, 9.17) is 4.74 Å². The lowest BCUT2D eigenvalue weighted by Crippen LogP contribution is -2.51. The van der Waals surface area contributed by atoms with Crippen LogP contribution in [0.1, 0.15) is 12.8 Å². The minimum atomic E-state index is -0.899. The van der Waals surface area contributed by atoms with Gasteiger partial charge >= 0.3 is 6.09 Å². The van der Waals surface area contributed by atoms with E-state index < -0.39 is 11.7 Å². The molecule has 13 heavy (non-hydrogen) atoms. The molecule has 0 saturated carbocycles. The number of likely N-dealkylation sites (tertiary alicyclic amines) is 1. The zero-order chi connectivity index (χ0) is 9.47. The molecular formula is C8H12N2O3.